The van der Waals surface area contributed by atoms with E-state index < -0.39 is 39.2 Å². The van der Waals surface area contributed by atoms with Crippen molar-refractivity contribution < 1.29 is 23.2 Å². The number of aliphatic hydroxyl groups is 1. The molecule has 0 aliphatic carbocycles. The van der Waals surface area contributed by atoms with Gasteiger partial charge in [0.15, 0.2) is 17.2 Å². The molecule has 0 atom stereocenters. The Morgan fingerprint density at radius 2 is 1.39 bits per heavy atom. The van der Waals surface area contributed by atoms with Crippen LogP contribution in [0.5, 0.6) is 0 Å². The van der Waals surface area contributed by atoms with Gasteiger partial charge in [0.05, 0.1) is 4.92 Å². The van der Waals surface area contributed by atoms with Gasteiger partial charge < -0.3 is 5.11 Å². The first kappa shape index (κ1) is 19.1. The largest absolute Gasteiger partial charge is 0.369 e. The first-order valence-electron chi connectivity index (χ1n) is 8.03. The fourth-order valence-electron chi connectivity index (χ4n) is 2.70. The van der Waals surface area contributed by atoms with Crippen molar-refractivity contribution in [2.24, 2.45) is 0 Å². The molecule has 0 spiro atoms. The Hall–Kier alpha value is -3.63. The van der Waals surface area contributed by atoms with Crippen LogP contribution in [0, 0.1) is 39.4 Å². The van der Waals surface area contributed by atoms with Crippen LogP contribution in [0.1, 0.15) is 16.7 Å². The normalized spacial score (nSPS) is 10.9. The second kappa shape index (κ2) is 7.55. The summed E-state index contributed by atoms with van der Waals surface area (Å²) in [4.78, 5) is 9.93. The van der Waals surface area contributed by atoms with Crippen molar-refractivity contribution >= 4 is 5.69 Å². The van der Waals surface area contributed by atoms with Gasteiger partial charge in [-0.05, 0) is 0 Å². The smallest absolute Gasteiger partial charge is 0.323 e. The summed E-state index contributed by atoms with van der Waals surface area (Å²) < 4.78 is 41.6. The van der Waals surface area contributed by atoms with Crippen molar-refractivity contribution in [3.8, 4) is 11.8 Å². The van der Waals surface area contributed by atoms with Gasteiger partial charge in [-0.25, -0.2) is 8.78 Å². The van der Waals surface area contributed by atoms with E-state index in [4.69, 9.17) is 0 Å². The first-order chi connectivity index (χ1) is 13.3. The van der Waals surface area contributed by atoms with Crippen LogP contribution in [0.2, 0.25) is 0 Å². The second-order valence-corrected chi connectivity index (χ2v) is 5.83. The van der Waals surface area contributed by atoms with E-state index in [-0.39, 0.29) is 6.07 Å². The maximum absolute atomic E-state index is 14.2. The number of rotatable bonds is 3. The van der Waals surface area contributed by atoms with Gasteiger partial charge in [-0.1, -0.05) is 72.5 Å². The van der Waals surface area contributed by atoms with Crippen LogP contribution in [0.25, 0.3) is 0 Å². The average Bonchev–Trinajstić information content (AvgIpc) is 2.70. The number of nitrogens with zero attached hydrogens (tertiary/aromatic N) is 1. The van der Waals surface area contributed by atoms with E-state index >= 15 is 0 Å². The maximum atomic E-state index is 14.2. The number of benzene rings is 3. The lowest BCUT2D eigenvalue weighted by atomic mass is 9.86. The second-order valence-electron chi connectivity index (χ2n) is 5.83. The zero-order valence-corrected chi connectivity index (χ0v) is 14.2. The number of nitro benzene ring substituents is 1. The summed E-state index contributed by atoms with van der Waals surface area (Å²) in [6.07, 6.45) is 0. The van der Waals surface area contributed by atoms with E-state index in [0.29, 0.717) is 11.1 Å². The Morgan fingerprint density at radius 3 is 1.86 bits per heavy atom. The molecule has 0 saturated heterocycles. The van der Waals surface area contributed by atoms with E-state index in [1.54, 1.807) is 60.7 Å². The molecule has 3 aromatic carbocycles. The van der Waals surface area contributed by atoms with Crippen LogP contribution in [-0.4, -0.2) is 10.0 Å². The molecular weight excluding hydrogens is 371 g/mol. The van der Waals surface area contributed by atoms with Crippen molar-refractivity contribution in [2.75, 3.05) is 0 Å². The van der Waals surface area contributed by atoms with Gasteiger partial charge in [-0.3, -0.25) is 10.1 Å². The fourth-order valence-corrected chi connectivity index (χ4v) is 2.70. The van der Waals surface area contributed by atoms with E-state index in [1.165, 1.54) is 0 Å². The summed E-state index contributed by atoms with van der Waals surface area (Å²) in [6.45, 7) is 0. The quantitative estimate of drug-likeness (QED) is 0.317. The van der Waals surface area contributed by atoms with Crippen LogP contribution >= 0.6 is 0 Å². The Morgan fingerprint density at radius 1 is 0.893 bits per heavy atom. The molecule has 1 N–H and O–H groups in total. The van der Waals surface area contributed by atoms with Crippen LogP contribution in [0.4, 0.5) is 18.9 Å². The number of hydrogen-bond acceptors (Lipinski definition) is 3. The molecule has 0 aliphatic heterocycles. The summed E-state index contributed by atoms with van der Waals surface area (Å²) in [6, 6.07) is 16.2. The van der Waals surface area contributed by atoms with Crippen LogP contribution in [0.15, 0.2) is 66.7 Å². The predicted octanol–water partition coefficient (Wildman–Crippen LogP) is 4.30. The molecular formula is C21H12F3NO3. The zero-order valence-electron chi connectivity index (χ0n) is 14.2. The minimum Gasteiger partial charge on any atom is -0.369 e. The molecule has 7 heteroatoms. The number of nitro groups is 1. The van der Waals surface area contributed by atoms with E-state index in [2.05, 4.69) is 11.8 Å². The number of halogens is 3. The molecule has 4 nitrogen and oxygen atoms in total. The van der Waals surface area contributed by atoms with E-state index in [0.717, 1.165) is 0 Å². The Balaban J connectivity index is 2.27. The average molecular weight is 383 g/mol. The molecule has 0 aromatic heterocycles. The Kier molecular flexibility index (Phi) is 5.16. The van der Waals surface area contributed by atoms with E-state index in [9.17, 15) is 28.4 Å². The molecule has 0 bridgehead atoms. The minimum absolute atomic E-state index is 0.0826. The van der Waals surface area contributed by atoms with Crippen LogP contribution in [-0.2, 0) is 5.60 Å². The third-order valence-electron chi connectivity index (χ3n) is 4.08. The summed E-state index contributed by atoms with van der Waals surface area (Å²) in [5.74, 6) is -0.389. The van der Waals surface area contributed by atoms with Crippen LogP contribution < -0.4 is 0 Å². The van der Waals surface area contributed by atoms with E-state index in [1.807, 2.05) is 0 Å². The van der Waals surface area contributed by atoms with Crippen LogP contribution in [0.3, 0.4) is 0 Å². The van der Waals surface area contributed by atoms with Gasteiger partial charge in [-0.2, -0.15) is 4.39 Å². The monoisotopic (exact) mass is 383 g/mol. The molecule has 140 valence electrons. The van der Waals surface area contributed by atoms with Gasteiger partial charge >= 0.3 is 5.69 Å². The van der Waals surface area contributed by atoms with Crippen molar-refractivity contribution in [1.29, 1.82) is 0 Å². The molecule has 0 fully saturated rings. The van der Waals surface area contributed by atoms with Gasteiger partial charge in [0.2, 0.25) is 5.82 Å². The van der Waals surface area contributed by atoms with Gasteiger partial charge in [-0.15, -0.1) is 0 Å². The molecule has 0 aliphatic rings. The maximum Gasteiger partial charge on any atom is 0.323 e. The summed E-state index contributed by atoms with van der Waals surface area (Å²) >= 11 is 0. The molecule has 0 heterocycles. The highest BCUT2D eigenvalue weighted by Gasteiger charge is 2.31. The highest BCUT2D eigenvalue weighted by atomic mass is 19.2. The fraction of sp³-hybridized carbons (Fsp3) is 0.0476. The molecule has 3 aromatic rings. The van der Waals surface area contributed by atoms with Crippen molar-refractivity contribution in [1.82, 2.24) is 0 Å². The molecule has 0 unspecified atom stereocenters. The lowest BCUT2D eigenvalue weighted by Gasteiger charge is -2.23. The van der Waals surface area contributed by atoms with Crippen molar-refractivity contribution in [3.63, 3.8) is 0 Å². The first-order valence-corrected chi connectivity index (χ1v) is 8.03. The molecule has 28 heavy (non-hydrogen) atoms. The topological polar surface area (TPSA) is 63.4 Å². The third-order valence-corrected chi connectivity index (χ3v) is 4.08. The van der Waals surface area contributed by atoms with Gasteiger partial charge in [0.1, 0.15) is 5.56 Å². The van der Waals surface area contributed by atoms with Crippen molar-refractivity contribution in [2.45, 2.75) is 5.60 Å². The third kappa shape index (κ3) is 3.46. The van der Waals surface area contributed by atoms with Gasteiger partial charge in [0, 0.05) is 17.2 Å². The summed E-state index contributed by atoms with van der Waals surface area (Å²) in [7, 11) is 0. The Bertz CT molecular complexity index is 1050. The highest BCUT2D eigenvalue weighted by molar-refractivity contribution is 5.56. The molecule has 3 rings (SSSR count). The van der Waals surface area contributed by atoms with Gasteiger partial charge in [0.25, 0.3) is 0 Å². The molecule has 0 saturated carbocycles. The number of hydrogen-bond donors (Lipinski definition) is 1. The zero-order chi connectivity index (χ0) is 20.3. The van der Waals surface area contributed by atoms with Crippen molar-refractivity contribution in [3.05, 3.63) is 111 Å². The SMILES string of the molecule is O=[N+]([O-])c1c(F)cc(F)c(F)c1C#CC(O)(c1ccccc1)c1ccccc1. The standard InChI is InChI=1S/C21H12F3NO3/c22-17-13-18(23)20(25(27)28)16(19(17)24)11-12-21(26,14-7-3-1-4-8-14)15-9-5-2-6-10-15/h1-10,13,26H. The predicted molar refractivity (Wildman–Crippen MR) is 95.7 cm³/mol. The summed E-state index contributed by atoms with van der Waals surface area (Å²) in [5.41, 5.74) is -3.77. The highest BCUT2D eigenvalue weighted by Crippen LogP contribution is 2.31. The summed E-state index contributed by atoms with van der Waals surface area (Å²) in [5, 5.41) is 22.3. The lowest BCUT2D eigenvalue weighted by Crippen LogP contribution is -2.25. The molecule has 0 amide bonds. The minimum atomic E-state index is -1.99. The lowest BCUT2D eigenvalue weighted by molar-refractivity contribution is -0.388. The molecule has 0 radical (unpaired) electrons. The Labute approximate surface area is 158 Å².